The van der Waals surface area contributed by atoms with E-state index in [2.05, 4.69) is 16.7 Å². The van der Waals surface area contributed by atoms with Crippen LogP contribution in [-0.4, -0.2) is 23.2 Å². The number of rotatable bonds is 5. The molecule has 2 N–H and O–H groups in total. The Labute approximate surface area is 124 Å². The summed E-state index contributed by atoms with van der Waals surface area (Å²) in [6, 6.07) is 16.3. The summed E-state index contributed by atoms with van der Waals surface area (Å²) < 4.78 is 7.47. The topological polar surface area (TPSA) is 53.1 Å². The highest BCUT2D eigenvalue weighted by Crippen LogP contribution is 2.23. The van der Waals surface area contributed by atoms with Gasteiger partial charge in [-0.05, 0) is 17.7 Å². The van der Waals surface area contributed by atoms with Gasteiger partial charge >= 0.3 is 0 Å². The van der Waals surface area contributed by atoms with Crippen molar-refractivity contribution in [3.8, 4) is 5.75 Å². The van der Waals surface area contributed by atoms with Crippen LogP contribution in [0.1, 0.15) is 11.4 Å². The normalized spacial score (nSPS) is 11.0. The molecule has 0 saturated heterocycles. The Morgan fingerprint density at radius 2 is 1.95 bits per heavy atom. The zero-order valence-electron chi connectivity index (χ0n) is 12.1. The Kier molecular flexibility index (Phi) is 3.88. The van der Waals surface area contributed by atoms with Crippen molar-refractivity contribution in [1.29, 1.82) is 0 Å². The lowest BCUT2D eigenvalue weighted by molar-refractivity contribution is 0.415. The summed E-state index contributed by atoms with van der Waals surface area (Å²) in [5.41, 5.74) is 9.06. The number of nitrogens with two attached hydrogens (primary N) is 1. The van der Waals surface area contributed by atoms with Crippen molar-refractivity contribution in [2.24, 2.45) is 5.73 Å². The summed E-state index contributed by atoms with van der Waals surface area (Å²) in [7, 11) is 1.67. The lowest BCUT2D eigenvalue weighted by Crippen LogP contribution is -2.12. The van der Waals surface area contributed by atoms with Crippen LogP contribution >= 0.6 is 0 Å². The van der Waals surface area contributed by atoms with E-state index >= 15 is 0 Å². The molecular formula is C17H19N3O. The van der Waals surface area contributed by atoms with Gasteiger partial charge in [-0.1, -0.05) is 30.3 Å². The highest BCUT2D eigenvalue weighted by atomic mass is 16.5. The fourth-order valence-corrected chi connectivity index (χ4v) is 2.58. The predicted molar refractivity (Wildman–Crippen MR) is 84.6 cm³/mol. The van der Waals surface area contributed by atoms with Gasteiger partial charge in [0.2, 0.25) is 0 Å². The first-order valence-electron chi connectivity index (χ1n) is 7.09. The third kappa shape index (κ3) is 2.76. The maximum absolute atomic E-state index is 5.76. The standard InChI is InChI=1S/C17H19N3O/c1-21-14-7-8-16-15(12-14)19-17(20(16)10-9-18)11-13-5-3-2-4-6-13/h2-8,12H,9-11,18H2,1H3. The second-order valence-electron chi connectivity index (χ2n) is 4.99. The quantitative estimate of drug-likeness (QED) is 0.782. The molecule has 0 bridgehead atoms. The molecule has 0 unspecified atom stereocenters. The van der Waals surface area contributed by atoms with Crippen LogP contribution in [-0.2, 0) is 13.0 Å². The molecule has 0 atom stereocenters. The van der Waals surface area contributed by atoms with E-state index in [1.54, 1.807) is 7.11 Å². The predicted octanol–water partition coefficient (Wildman–Crippen LogP) is 2.59. The van der Waals surface area contributed by atoms with E-state index < -0.39 is 0 Å². The molecule has 0 aliphatic rings. The SMILES string of the molecule is COc1ccc2c(c1)nc(Cc1ccccc1)n2CCN. The van der Waals surface area contributed by atoms with E-state index in [9.17, 15) is 0 Å². The summed E-state index contributed by atoms with van der Waals surface area (Å²) in [6.45, 7) is 1.37. The van der Waals surface area contributed by atoms with Gasteiger partial charge in [0.1, 0.15) is 11.6 Å². The highest BCUT2D eigenvalue weighted by molar-refractivity contribution is 5.78. The average Bonchev–Trinajstić information content (AvgIpc) is 2.85. The fourth-order valence-electron chi connectivity index (χ4n) is 2.58. The van der Waals surface area contributed by atoms with E-state index in [1.165, 1.54) is 5.56 Å². The zero-order chi connectivity index (χ0) is 14.7. The van der Waals surface area contributed by atoms with Crippen molar-refractivity contribution in [2.75, 3.05) is 13.7 Å². The second-order valence-corrected chi connectivity index (χ2v) is 4.99. The molecular weight excluding hydrogens is 262 g/mol. The van der Waals surface area contributed by atoms with Crippen molar-refractivity contribution in [3.05, 3.63) is 59.9 Å². The van der Waals surface area contributed by atoms with Crippen LogP contribution in [0.2, 0.25) is 0 Å². The molecule has 0 fully saturated rings. The van der Waals surface area contributed by atoms with Gasteiger partial charge < -0.3 is 15.0 Å². The Morgan fingerprint density at radius 3 is 2.67 bits per heavy atom. The summed E-state index contributed by atoms with van der Waals surface area (Å²) in [6.07, 6.45) is 0.803. The first-order valence-corrected chi connectivity index (χ1v) is 7.09. The number of ether oxygens (including phenoxy) is 1. The van der Waals surface area contributed by atoms with E-state index in [-0.39, 0.29) is 0 Å². The van der Waals surface area contributed by atoms with Gasteiger partial charge in [-0.3, -0.25) is 0 Å². The molecule has 0 aliphatic heterocycles. The molecule has 1 aromatic heterocycles. The zero-order valence-corrected chi connectivity index (χ0v) is 12.1. The number of nitrogens with zero attached hydrogens (tertiary/aromatic N) is 2. The van der Waals surface area contributed by atoms with Gasteiger partial charge in [0.05, 0.1) is 18.1 Å². The molecule has 0 radical (unpaired) electrons. The van der Waals surface area contributed by atoms with E-state index in [4.69, 9.17) is 15.5 Å². The number of imidazole rings is 1. The highest BCUT2D eigenvalue weighted by Gasteiger charge is 2.11. The van der Waals surface area contributed by atoms with Gasteiger partial charge in [0.15, 0.2) is 0 Å². The second kappa shape index (κ2) is 5.97. The van der Waals surface area contributed by atoms with Crippen LogP contribution in [0.5, 0.6) is 5.75 Å². The maximum Gasteiger partial charge on any atom is 0.121 e. The number of benzene rings is 2. The minimum Gasteiger partial charge on any atom is -0.497 e. The van der Waals surface area contributed by atoms with E-state index in [1.807, 2.05) is 36.4 Å². The number of aromatic nitrogens is 2. The lowest BCUT2D eigenvalue weighted by Gasteiger charge is -2.08. The smallest absolute Gasteiger partial charge is 0.121 e. The van der Waals surface area contributed by atoms with Crippen LogP contribution in [0.3, 0.4) is 0 Å². The minimum atomic E-state index is 0.597. The molecule has 3 aromatic rings. The van der Waals surface area contributed by atoms with Crippen molar-refractivity contribution < 1.29 is 4.74 Å². The third-order valence-corrected chi connectivity index (χ3v) is 3.59. The molecule has 2 aromatic carbocycles. The van der Waals surface area contributed by atoms with Crippen molar-refractivity contribution in [2.45, 2.75) is 13.0 Å². The van der Waals surface area contributed by atoms with Gasteiger partial charge in [-0.25, -0.2) is 4.98 Å². The third-order valence-electron chi connectivity index (χ3n) is 3.59. The van der Waals surface area contributed by atoms with Crippen molar-refractivity contribution in [1.82, 2.24) is 9.55 Å². The van der Waals surface area contributed by atoms with Crippen LogP contribution in [0.25, 0.3) is 11.0 Å². The summed E-state index contributed by atoms with van der Waals surface area (Å²) in [5, 5.41) is 0. The molecule has 21 heavy (non-hydrogen) atoms. The first kappa shape index (κ1) is 13.6. The van der Waals surface area contributed by atoms with Crippen LogP contribution in [0.15, 0.2) is 48.5 Å². The van der Waals surface area contributed by atoms with Crippen molar-refractivity contribution >= 4 is 11.0 Å². The molecule has 0 amide bonds. The molecule has 3 rings (SSSR count). The first-order chi connectivity index (χ1) is 10.3. The van der Waals surface area contributed by atoms with E-state index in [0.29, 0.717) is 6.54 Å². The Bertz CT molecular complexity index is 734. The average molecular weight is 281 g/mol. The van der Waals surface area contributed by atoms with Gasteiger partial charge in [-0.2, -0.15) is 0 Å². The molecule has 108 valence electrons. The minimum absolute atomic E-state index is 0.597. The molecule has 0 saturated carbocycles. The van der Waals surface area contributed by atoms with Gasteiger partial charge in [-0.15, -0.1) is 0 Å². The van der Waals surface area contributed by atoms with Crippen molar-refractivity contribution in [3.63, 3.8) is 0 Å². The molecule has 1 heterocycles. The van der Waals surface area contributed by atoms with Crippen LogP contribution < -0.4 is 10.5 Å². The summed E-state index contributed by atoms with van der Waals surface area (Å²) in [4.78, 5) is 4.76. The Morgan fingerprint density at radius 1 is 1.14 bits per heavy atom. The molecule has 4 nitrogen and oxygen atoms in total. The van der Waals surface area contributed by atoms with Crippen LogP contribution in [0.4, 0.5) is 0 Å². The molecule has 0 aliphatic carbocycles. The summed E-state index contributed by atoms with van der Waals surface area (Å²) in [5.74, 6) is 1.86. The monoisotopic (exact) mass is 281 g/mol. The largest absolute Gasteiger partial charge is 0.497 e. The Hall–Kier alpha value is -2.33. The number of hydrogen-bond donors (Lipinski definition) is 1. The fraction of sp³-hybridized carbons (Fsp3) is 0.235. The van der Waals surface area contributed by atoms with Gasteiger partial charge in [0, 0.05) is 25.6 Å². The molecule has 0 spiro atoms. The lowest BCUT2D eigenvalue weighted by atomic mass is 10.1. The maximum atomic E-state index is 5.76. The number of hydrogen-bond acceptors (Lipinski definition) is 3. The summed E-state index contributed by atoms with van der Waals surface area (Å²) >= 11 is 0. The Balaban J connectivity index is 2.05. The van der Waals surface area contributed by atoms with Crippen LogP contribution in [0, 0.1) is 0 Å². The number of fused-ring (bicyclic) bond motifs is 1. The van der Waals surface area contributed by atoms with E-state index in [0.717, 1.165) is 35.6 Å². The van der Waals surface area contributed by atoms with Gasteiger partial charge in [0.25, 0.3) is 0 Å². The molecule has 4 heteroatoms. The number of methoxy groups -OCH3 is 1.